The minimum absolute atomic E-state index is 0.0458. The molecule has 1 aromatic rings. The summed E-state index contributed by atoms with van der Waals surface area (Å²) in [6, 6.07) is 4.95. The smallest absolute Gasteiger partial charge is 0.322 e. The van der Waals surface area contributed by atoms with Crippen LogP contribution in [-0.4, -0.2) is 19.1 Å². The van der Waals surface area contributed by atoms with Crippen LogP contribution in [0.1, 0.15) is 11.1 Å². The molecule has 1 atom stereocenters. The monoisotopic (exact) mass is 222 g/mol. The predicted octanol–water partition coefficient (Wildman–Crippen LogP) is 0.740. The number of rotatable bonds is 3. The SMILES string of the molecule is COC(=O)[C@H](N)Cc1ccc(C#N)cc1F. The van der Waals surface area contributed by atoms with Crippen LogP contribution < -0.4 is 5.73 Å². The molecule has 0 radical (unpaired) electrons. The zero-order valence-electron chi connectivity index (χ0n) is 8.74. The Morgan fingerprint density at radius 2 is 2.38 bits per heavy atom. The molecule has 0 aliphatic rings. The largest absolute Gasteiger partial charge is 0.468 e. The topological polar surface area (TPSA) is 76.1 Å². The minimum Gasteiger partial charge on any atom is -0.468 e. The van der Waals surface area contributed by atoms with Crippen molar-refractivity contribution in [2.45, 2.75) is 12.5 Å². The summed E-state index contributed by atoms with van der Waals surface area (Å²) in [4.78, 5) is 11.0. The van der Waals surface area contributed by atoms with Gasteiger partial charge in [0.1, 0.15) is 11.9 Å². The number of nitriles is 1. The first-order valence-corrected chi connectivity index (χ1v) is 4.60. The molecule has 0 bridgehead atoms. The molecule has 0 heterocycles. The van der Waals surface area contributed by atoms with E-state index in [9.17, 15) is 9.18 Å². The van der Waals surface area contributed by atoms with Crippen LogP contribution in [0, 0.1) is 17.1 Å². The summed E-state index contributed by atoms with van der Waals surface area (Å²) in [6.07, 6.45) is 0.0458. The first-order chi connectivity index (χ1) is 7.58. The highest BCUT2D eigenvalue weighted by Crippen LogP contribution is 2.11. The first kappa shape index (κ1) is 12.1. The summed E-state index contributed by atoms with van der Waals surface area (Å²) < 4.78 is 17.8. The van der Waals surface area contributed by atoms with E-state index in [2.05, 4.69) is 4.74 Å². The van der Waals surface area contributed by atoms with Gasteiger partial charge in [-0.25, -0.2) is 4.39 Å². The molecule has 0 amide bonds. The Morgan fingerprint density at radius 1 is 1.69 bits per heavy atom. The lowest BCUT2D eigenvalue weighted by Crippen LogP contribution is -2.33. The molecule has 0 fully saturated rings. The van der Waals surface area contributed by atoms with E-state index in [1.165, 1.54) is 19.2 Å². The number of carbonyl (C=O) groups is 1. The molecular weight excluding hydrogens is 211 g/mol. The van der Waals surface area contributed by atoms with Gasteiger partial charge in [0.2, 0.25) is 0 Å². The average Bonchev–Trinajstić information content (AvgIpc) is 2.30. The van der Waals surface area contributed by atoms with Gasteiger partial charge in [0, 0.05) is 6.42 Å². The minimum atomic E-state index is -0.896. The Morgan fingerprint density at radius 3 is 2.88 bits per heavy atom. The Balaban J connectivity index is 2.83. The van der Waals surface area contributed by atoms with Gasteiger partial charge < -0.3 is 10.5 Å². The number of hydrogen-bond donors (Lipinski definition) is 1. The molecule has 5 heteroatoms. The third kappa shape index (κ3) is 2.78. The van der Waals surface area contributed by atoms with Crippen LogP contribution in [0.3, 0.4) is 0 Å². The number of halogens is 1. The van der Waals surface area contributed by atoms with Crippen molar-refractivity contribution in [3.8, 4) is 6.07 Å². The van der Waals surface area contributed by atoms with Gasteiger partial charge in [0.25, 0.3) is 0 Å². The molecule has 0 spiro atoms. The molecule has 0 saturated heterocycles. The van der Waals surface area contributed by atoms with E-state index in [4.69, 9.17) is 11.0 Å². The Hall–Kier alpha value is -1.93. The van der Waals surface area contributed by atoms with Gasteiger partial charge >= 0.3 is 5.97 Å². The lowest BCUT2D eigenvalue weighted by molar-refractivity contribution is -0.142. The van der Waals surface area contributed by atoms with Crippen LogP contribution in [0.5, 0.6) is 0 Å². The Bertz CT molecular complexity index is 440. The fourth-order valence-electron chi connectivity index (χ4n) is 1.25. The van der Waals surface area contributed by atoms with Gasteiger partial charge in [-0.3, -0.25) is 4.79 Å². The molecule has 0 aliphatic carbocycles. The number of benzene rings is 1. The average molecular weight is 222 g/mol. The molecule has 1 rings (SSSR count). The van der Waals surface area contributed by atoms with E-state index in [-0.39, 0.29) is 17.5 Å². The molecule has 1 aromatic carbocycles. The van der Waals surface area contributed by atoms with E-state index < -0.39 is 17.8 Å². The Kier molecular flexibility index (Phi) is 3.97. The van der Waals surface area contributed by atoms with Crippen LogP contribution >= 0.6 is 0 Å². The summed E-state index contributed by atoms with van der Waals surface area (Å²) in [7, 11) is 1.22. The maximum atomic E-state index is 13.4. The number of hydrogen-bond acceptors (Lipinski definition) is 4. The molecular formula is C11H11FN2O2. The summed E-state index contributed by atoms with van der Waals surface area (Å²) in [5.41, 5.74) is 6.01. The van der Waals surface area contributed by atoms with Crippen molar-refractivity contribution in [2.24, 2.45) is 5.73 Å². The van der Waals surface area contributed by atoms with E-state index in [0.717, 1.165) is 6.07 Å². The van der Waals surface area contributed by atoms with Crippen LogP contribution in [0.25, 0.3) is 0 Å². The molecule has 0 unspecified atom stereocenters. The second-order valence-electron chi connectivity index (χ2n) is 3.25. The van der Waals surface area contributed by atoms with Gasteiger partial charge in [-0.2, -0.15) is 5.26 Å². The summed E-state index contributed by atoms with van der Waals surface area (Å²) >= 11 is 0. The lowest BCUT2D eigenvalue weighted by Gasteiger charge is -2.09. The standard InChI is InChI=1S/C11H11FN2O2/c1-16-11(15)10(14)5-8-3-2-7(6-13)4-9(8)12/h2-4,10H,5,14H2,1H3/t10-/m1/s1. The number of nitrogens with zero attached hydrogens (tertiary/aromatic N) is 1. The molecule has 0 aliphatic heterocycles. The zero-order chi connectivity index (χ0) is 12.1. The molecule has 4 nitrogen and oxygen atoms in total. The van der Waals surface area contributed by atoms with E-state index in [1.54, 1.807) is 0 Å². The van der Waals surface area contributed by atoms with Crippen LogP contribution in [0.4, 0.5) is 4.39 Å². The lowest BCUT2D eigenvalue weighted by atomic mass is 10.0. The van der Waals surface area contributed by atoms with Crippen LogP contribution in [0.2, 0.25) is 0 Å². The van der Waals surface area contributed by atoms with Crippen molar-refractivity contribution in [3.63, 3.8) is 0 Å². The highest BCUT2D eigenvalue weighted by molar-refractivity contribution is 5.75. The van der Waals surface area contributed by atoms with Crippen LogP contribution in [-0.2, 0) is 16.0 Å². The van der Waals surface area contributed by atoms with E-state index >= 15 is 0 Å². The molecule has 0 aromatic heterocycles. The predicted molar refractivity (Wildman–Crippen MR) is 54.8 cm³/mol. The molecule has 2 N–H and O–H groups in total. The highest BCUT2D eigenvalue weighted by Gasteiger charge is 2.16. The normalized spacial score (nSPS) is 11.6. The maximum Gasteiger partial charge on any atom is 0.322 e. The molecule has 16 heavy (non-hydrogen) atoms. The highest BCUT2D eigenvalue weighted by atomic mass is 19.1. The zero-order valence-corrected chi connectivity index (χ0v) is 8.74. The van der Waals surface area contributed by atoms with Crippen molar-refractivity contribution in [1.29, 1.82) is 5.26 Å². The number of methoxy groups -OCH3 is 1. The number of esters is 1. The number of ether oxygens (including phenoxy) is 1. The van der Waals surface area contributed by atoms with Crippen molar-refractivity contribution in [3.05, 3.63) is 35.1 Å². The van der Waals surface area contributed by atoms with Crippen molar-refractivity contribution < 1.29 is 13.9 Å². The van der Waals surface area contributed by atoms with Crippen molar-refractivity contribution in [1.82, 2.24) is 0 Å². The Labute approximate surface area is 92.4 Å². The van der Waals surface area contributed by atoms with Crippen molar-refractivity contribution in [2.75, 3.05) is 7.11 Å². The summed E-state index contributed by atoms with van der Waals surface area (Å²) in [5.74, 6) is -1.14. The van der Waals surface area contributed by atoms with Crippen LogP contribution in [0.15, 0.2) is 18.2 Å². The molecule has 0 saturated carbocycles. The second-order valence-corrected chi connectivity index (χ2v) is 3.25. The summed E-state index contributed by atoms with van der Waals surface area (Å²) in [6.45, 7) is 0. The van der Waals surface area contributed by atoms with Crippen molar-refractivity contribution >= 4 is 5.97 Å². The fraction of sp³-hybridized carbons (Fsp3) is 0.273. The maximum absolute atomic E-state index is 13.4. The van der Waals surface area contributed by atoms with Gasteiger partial charge in [0.05, 0.1) is 18.7 Å². The second kappa shape index (κ2) is 5.24. The van der Waals surface area contributed by atoms with E-state index in [1.807, 2.05) is 6.07 Å². The fourth-order valence-corrected chi connectivity index (χ4v) is 1.25. The van der Waals surface area contributed by atoms with Gasteiger partial charge in [-0.05, 0) is 17.7 Å². The van der Waals surface area contributed by atoms with E-state index in [0.29, 0.717) is 0 Å². The quantitative estimate of drug-likeness (QED) is 0.765. The first-order valence-electron chi connectivity index (χ1n) is 4.60. The summed E-state index contributed by atoms with van der Waals surface area (Å²) in [5, 5.41) is 8.55. The van der Waals surface area contributed by atoms with Gasteiger partial charge in [-0.1, -0.05) is 6.07 Å². The third-order valence-corrected chi connectivity index (χ3v) is 2.13. The van der Waals surface area contributed by atoms with Gasteiger partial charge in [0.15, 0.2) is 0 Å². The number of carbonyl (C=O) groups excluding carboxylic acids is 1. The molecule has 84 valence electrons. The number of nitrogens with two attached hydrogens (primary N) is 1. The third-order valence-electron chi connectivity index (χ3n) is 2.13. The van der Waals surface area contributed by atoms with Gasteiger partial charge in [-0.15, -0.1) is 0 Å².